The molecule has 0 saturated heterocycles. The number of allylic oxidation sites excluding steroid dienone is 4. The van der Waals surface area contributed by atoms with Gasteiger partial charge in [0.15, 0.2) is 0 Å². The summed E-state index contributed by atoms with van der Waals surface area (Å²) in [6, 6.07) is 5.84. The van der Waals surface area contributed by atoms with Gasteiger partial charge in [-0.3, -0.25) is 21.1 Å². The van der Waals surface area contributed by atoms with Gasteiger partial charge in [0.05, 0.1) is 11.4 Å². The predicted octanol–water partition coefficient (Wildman–Crippen LogP) is 3.33. The van der Waals surface area contributed by atoms with Gasteiger partial charge in [-0.25, -0.2) is 4.99 Å². The van der Waals surface area contributed by atoms with Gasteiger partial charge in [-0.1, -0.05) is 30.4 Å². The van der Waals surface area contributed by atoms with E-state index in [0.29, 0.717) is 17.2 Å². The number of hydrogen-bond acceptors (Lipinski definition) is 3. The molecule has 5 nitrogen and oxygen atoms in total. The van der Waals surface area contributed by atoms with Gasteiger partial charge in [0, 0.05) is 12.5 Å². The maximum atomic E-state index is 11.0. The Kier molecular flexibility index (Phi) is 5.46. The van der Waals surface area contributed by atoms with E-state index in [0.717, 1.165) is 29.5 Å². The van der Waals surface area contributed by atoms with Crippen molar-refractivity contribution in [2.45, 2.75) is 33.6 Å². The first-order valence-electron chi connectivity index (χ1n) is 7.62. The van der Waals surface area contributed by atoms with Crippen LogP contribution in [0, 0.1) is 12.3 Å². The summed E-state index contributed by atoms with van der Waals surface area (Å²) in [5.41, 5.74) is 9.19. The highest BCUT2D eigenvalue weighted by molar-refractivity contribution is 6.15. The van der Waals surface area contributed by atoms with Crippen LogP contribution in [0.25, 0.3) is 0 Å². The summed E-state index contributed by atoms with van der Waals surface area (Å²) in [7, 11) is 0. The summed E-state index contributed by atoms with van der Waals surface area (Å²) in [6.07, 6.45) is 8.14. The number of aliphatic imine (C=N–C) groups is 1. The van der Waals surface area contributed by atoms with Crippen LogP contribution in [0.2, 0.25) is 0 Å². The number of benzene rings is 1. The third kappa shape index (κ3) is 4.64. The lowest BCUT2D eigenvalue weighted by molar-refractivity contribution is -0.119. The summed E-state index contributed by atoms with van der Waals surface area (Å²) in [4.78, 5) is 15.5. The Hall–Kier alpha value is -2.69. The summed E-state index contributed by atoms with van der Waals surface area (Å²) in [6.45, 7) is 5.18. The number of carbonyl (C=O) groups excluding carboxylic acids is 1. The second-order valence-corrected chi connectivity index (χ2v) is 5.54. The largest absolute Gasteiger partial charge is 0.300 e. The van der Waals surface area contributed by atoms with Crippen LogP contribution in [-0.2, 0) is 4.79 Å². The summed E-state index contributed by atoms with van der Waals surface area (Å²) in [5.74, 6) is 0.377. The highest BCUT2D eigenvalue weighted by atomic mass is 16.2. The van der Waals surface area contributed by atoms with Gasteiger partial charge in [-0.05, 0) is 43.9 Å². The van der Waals surface area contributed by atoms with Crippen molar-refractivity contribution in [3.05, 3.63) is 53.1 Å². The van der Waals surface area contributed by atoms with E-state index in [1.807, 2.05) is 31.2 Å². The third-order valence-corrected chi connectivity index (χ3v) is 3.41. The second-order valence-electron chi connectivity index (χ2n) is 5.54. The predicted molar refractivity (Wildman–Crippen MR) is 94.2 cm³/mol. The lowest BCUT2D eigenvalue weighted by Gasteiger charge is -2.13. The SMILES string of the molecule is CC(=O)NNC(C)=Nc1cc(C)ccc1C(=N)C1=CCCC=C1. The van der Waals surface area contributed by atoms with Crippen LogP contribution in [0.1, 0.15) is 37.8 Å². The van der Waals surface area contributed by atoms with E-state index in [2.05, 4.69) is 28.0 Å². The quantitative estimate of drug-likeness (QED) is 0.455. The topological polar surface area (TPSA) is 77.3 Å². The van der Waals surface area contributed by atoms with E-state index in [1.165, 1.54) is 6.92 Å². The number of amides is 1. The minimum atomic E-state index is -0.186. The van der Waals surface area contributed by atoms with Crippen LogP contribution in [0.3, 0.4) is 0 Å². The molecule has 0 aliphatic heterocycles. The number of hydrogen-bond donors (Lipinski definition) is 3. The average Bonchev–Trinajstić information content (AvgIpc) is 2.53. The van der Waals surface area contributed by atoms with Crippen LogP contribution in [0.5, 0.6) is 0 Å². The fraction of sp³-hybridized carbons (Fsp3) is 0.278. The first-order chi connectivity index (χ1) is 11.0. The maximum absolute atomic E-state index is 11.0. The molecular weight excluding hydrogens is 288 g/mol. The van der Waals surface area contributed by atoms with E-state index in [9.17, 15) is 4.79 Å². The third-order valence-electron chi connectivity index (χ3n) is 3.41. The van der Waals surface area contributed by atoms with Crippen LogP contribution < -0.4 is 10.9 Å². The monoisotopic (exact) mass is 310 g/mol. The second kappa shape index (κ2) is 7.54. The van der Waals surface area contributed by atoms with Crippen molar-refractivity contribution >= 4 is 23.1 Å². The minimum absolute atomic E-state index is 0.186. The van der Waals surface area contributed by atoms with Crippen LogP contribution in [-0.4, -0.2) is 17.5 Å². The van der Waals surface area contributed by atoms with Gasteiger partial charge in [0.1, 0.15) is 5.84 Å². The van der Waals surface area contributed by atoms with Crippen molar-refractivity contribution in [1.82, 2.24) is 10.9 Å². The van der Waals surface area contributed by atoms with Gasteiger partial charge in [0.25, 0.3) is 0 Å². The summed E-state index contributed by atoms with van der Waals surface area (Å²) in [5, 5.41) is 8.47. The van der Waals surface area contributed by atoms with Crippen molar-refractivity contribution in [1.29, 1.82) is 5.41 Å². The highest BCUT2D eigenvalue weighted by Gasteiger charge is 2.12. The van der Waals surface area contributed by atoms with E-state index in [1.54, 1.807) is 6.92 Å². The first-order valence-corrected chi connectivity index (χ1v) is 7.62. The zero-order chi connectivity index (χ0) is 16.8. The molecule has 1 aromatic rings. The summed E-state index contributed by atoms with van der Waals surface area (Å²) < 4.78 is 0. The number of amidine groups is 1. The smallest absolute Gasteiger partial charge is 0.235 e. The lowest BCUT2D eigenvalue weighted by atomic mass is 9.96. The van der Waals surface area contributed by atoms with E-state index < -0.39 is 0 Å². The van der Waals surface area contributed by atoms with Crippen molar-refractivity contribution in [3.8, 4) is 0 Å². The van der Waals surface area contributed by atoms with E-state index in [-0.39, 0.29) is 5.91 Å². The molecule has 0 fully saturated rings. The van der Waals surface area contributed by atoms with Crippen LogP contribution >= 0.6 is 0 Å². The number of hydrazine groups is 1. The molecule has 1 amide bonds. The molecule has 1 aromatic carbocycles. The van der Waals surface area contributed by atoms with Crippen molar-refractivity contribution in [2.24, 2.45) is 4.99 Å². The van der Waals surface area contributed by atoms with Gasteiger partial charge in [-0.15, -0.1) is 0 Å². The molecule has 0 atom stereocenters. The van der Waals surface area contributed by atoms with Gasteiger partial charge in [0.2, 0.25) is 5.91 Å². The lowest BCUT2D eigenvalue weighted by Crippen LogP contribution is -2.38. The Morgan fingerprint density at radius 2 is 2.00 bits per heavy atom. The molecule has 5 heteroatoms. The molecule has 1 aliphatic carbocycles. The van der Waals surface area contributed by atoms with Crippen LogP contribution in [0.4, 0.5) is 5.69 Å². The van der Waals surface area contributed by atoms with Gasteiger partial charge >= 0.3 is 0 Å². The molecule has 3 N–H and O–H groups in total. The Morgan fingerprint density at radius 1 is 1.22 bits per heavy atom. The average molecular weight is 310 g/mol. The molecule has 1 aliphatic rings. The van der Waals surface area contributed by atoms with Crippen molar-refractivity contribution in [3.63, 3.8) is 0 Å². The zero-order valence-electron chi connectivity index (χ0n) is 13.7. The molecule has 2 rings (SSSR count). The minimum Gasteiger partial charge on any atom is -0.300 e. The maximum Gasteiger partial charge on any atom is 0.235 e. The Morgan fingerprint density at radius 3 is 2.65 bits per heavy atom. The molecule has 0 saturated carbocycles. The molecule has 23 heavy (non-hydrogen) atoms. The summed E-state index contributed by atoms with van der Waals surface area (Å²) >= 11 is 0. The number of nitrogens with one attached hydrogen (secondary N) is 3. The number of nitrogens with zero attached hydrogens (tertiary/aromatic N) is 1. The van der Waals surface area contributed by atoms with E-state index >= 15 is 0 Å². The molecular formula is C18H22N4O. The fourth-order valence-electron chi connectivity index (χ4n) is 2.29. The number of aryl methyl sites for hydroxylation is 1. The Bertz CT molecular complexity index is 714. The molecule has 0 spiro atoms. The zero-order valence-corrected chi connectivity index (χ0v) is 13.7. The highest BCUT2D eigenvalue weighted by Crippen LogP contribution is 2.25. The Labute approximate surface area is 136 Å². The van der Waals surface area contributed by atoms with Crippen molar-refractivity contribution < 1.29 is 4.79 Å². The van der Waals surface area contributed by atoms with Gasteiger partial charge in [-0.2, -0.15) is 0 Å². The molecule has 120 valence electrons. The van der Waals surface area contributed by atoms with Crippen LogP contribution in [0.15, 0.2) is 47.0 Å². The standard InChI is InChI=1S/C18H22N4O/c1-12-9-10-16(18(19)15-7-5-4-6-8-15)17(11-12)20-13(2)21-22-14(3)23/h5,7-11,19H,4,6H2,1-3H3,(H,20,21)(H,22,23). The first kappa shape index (κ1) is 16.7. The molecule has 0 bridgehead atoms. The molecule has 0 aromatic heterocycles. The van der Waals surface area contributed by atoms with E-state index in [4.69, 9.17) is 5.41 Å². The number of rotatable bonds is 3. The normalized spacial score (nSPS) is 14.2. The Balaban J connectivity index is 2.32. The number of carbonyl (C=O) groups is 1. The van der Waals surface area contributed by atoms with Crippen molar-refractivity contribution in [2.75, 3.05) is 0 Å². The molecule has 0 unspecified atom stereocenters. The molecule has 0 radical (unpaired) electrons. The molecule has 0 heterocycles. The van der Waals surface area contributed by atoms with Gasteiger partial charge < -0.3 is 0 Å². The fourth-order valence-corrected chi connectivity index (χ4v) is 2.29.